The summed E-state index contributed by atoms with van der Waals surface area (Å²) in [6.45, 7) is 3.42. The molecule has 2 aromatic heterocycles. The van der Waals surface area contributed by atoms with E-state index in [1.54, 1.807) is 19.9 Å². The van der Waals surface area contributed by atoms with Crippen molar-refractivity contribution in [1.82, 2.24) is 19.7 Å². The molecule has 2 heterocycles. The molecule has 0 fully saturated rings. The minimum Gasteiger partial charge on any atom is -0.258 e. The largest absolute Gasteiger partial charge is 0.290 e. The third-order valence-corrected chi connectivity index (χ3v) is 2.11. The first kappa shape index (κ1) is 10.2. The zero-order chi connectivity index (χ0) is 11.7. The van der Waals surface area contributed by atoms with Crippen LogP contribution in [-0.2, 0) is 0 Å². The van der Waals surface area contributed by atoms with Crippen molar-refractivity contribution in [3.8, 4) is 5.82 Å². The van der Waals surface area contributed by atoms with Crippen LogP contribution in [0.25, 0.3) is 5.82 Å². The molecule has 0 amide bonds. The summed E-state index contributed by atoms with van der Waals surface area (Å²) in [4.78, 5) is 18.1. The number of nitro groups is 1. The van der Waals surface area contributed by atoms with Gasteiger partial charge in [-0.15, -0.1) is 0 Å². The van der Waals surface area contributed by atoms with E-state index in [1.165, 1.54) is 17.2 Å². The lowest BCUT2D eigenvalue weighted by Gasteiger charge is -2.01. The van der Waals surface area contributed by atoms with Crippen LogP contribution in [0.5, 0.6) is 0 Å². The maximum atomic E-state index is 10.6. The maximum Gasteiger partial charge on any atom is 0.290 e. The summed E-state index contributed by atoms with van der Waals surface area (Å²) >= 11 is 0. The van der Waals surface area contributed by atoms with Gasteiger partial charge in [0.2, 0.25) is 0 Å². The van der Waals surface area contributed by atoms with E-state index in [1.807, 2.05) is 0 Å². The van der Waals surface area contributed by atoms with Crippen molar-refractivity contribution >= 4 is 5.69 Å². The molecule has 7 nitrogen and oxygen atoms in total. The molecule has 0 bridgehead atoms. The Kier molecular flexibility index (Phi) is 2.35. The Balaban J connectivity index is 2.45. The van der Waals surface area contributed by atoms with Gasteiger partial charge in [-0.25, -0.2) is 14.6 Å². The third kappa shape index (κ3) is 1.74. The van der Waals surface area contributed by atoms with Gasteiger partial charge in [0.1, 0.15) is 18.3 Å². The third-order valence-electron chi connectivity index (χ3n) is 2.11. The van der Waals surface area contributed by atoms with E-state index in [0.717, 1.165) is 0 Å². The predicted molar refractivity (Wildman–Crippen MR) is 55.3 cm³/mol. The molecule has 16 heavy (non-hydrogen) atoms. The lowest BCUT2D eigenvalue weighted by atomic mass is 10.2. The molecule has 0 aliphatic rings. The summed E-state index contributed by atoms with van der Waals surface area (Å²) in [7, 11) is 0. The number of nitrogens with zero attached hydrogens (tertiary/aromatic N) is 5. The fraction of sp³-hybridized carbons (Fsp3) is 0.222. The Hall–Kier alpha value is -2.31. The van der Waals surface area contributed by atoms with Crippen LogP contribution < -0.4 is 0 Å². The maximum absolute atomic E-state index is 10.6. The fourth-order valence-corrected chi connectivity index (χ4v) is 1.31. The van der Waals surface area contributed by atoms with E-state index in [-0.39, 0.29) is 5.69 Å². The normalized spacial score (nSPS) is 10.4. The predicted octanol–water partition coefficient (Wildman–Crippen LogP) is 1.19. The van der Waals surface area contributed by atoms with Crippen LogP contribution in [0.4, 0.5) is 5.69 Å². The highest BCUT2D eigenvalue weighted by Gasteiger charge is 2.12. The number of aromatic nitrogens is 4. The first-order chi connectivity index (χ1) is 7.58. The van der Waals surface area contributed by atoms with Crippen molar-refractivity contribution in [2.45, 2.75) is 13.8 Å². The summed E-state index contributed by atoms with van der Waals surface area (Å²) in [6, 6.07) is 1.60. The molecule has 0 spiro atoms. The average Bonchev–Trinajstić information content (AvgIpc) is 2.64. The smallest absolute Gasteiger partial charge is 0.258 e. The molecule has 0 saturated heterocycles. The van der Waals surface area contributed by atoms with Crippen LogP contribution in [0, 0.1) is 24.0 Å². The van der Waals surface area contributed by atoms with Gasteiger partial charge in [-0.05, 0) is 19.9 Å². The van der Waals surface area contributed by atoms with Gasteiger partial charge in [-0.3, -0.25) is 10.1 Å². The minimum absolute atomic E-state index is 0.000544. The zero-order valence-electron chi connectivity index (χ0n) is 8.78. The van der Waals surface area contributed by atoms with Gasteiger partial charge in [0.05, 0.1) is 4.92 Å². The Labute approximate surface area is 90.9 Å². The number of hydrogen-bond donors (Lipinski definition) is 0. The van der Waals surface area contributed by atoms with E-state index < -0.39 is 4.92 Å². The van der Waals surface area contributed by atoms with Gasteiger partial charge in [0, 0.05) is 5.56 Å². The zero-order valence-corrected chi connectivity index (χ0v) is 8.78. The van der Waals surface area contributed by atoms with Crippen molar-refractivity contribution in [1.29, 1.82) is 0 Å². The van der Waals surface area contributed by atoms with Crippen molar-refractivity contribution in [2.24, 2.45) is 0 Å². The van der Waals surface area contributed by atoms with Gasteiger partial charge in [-0.1, -0.05) is 0 Å². The van der Waals surface area contributed by atoms with Crippen LogP contribution >= 0.6 is 0 Å². The van der Waals surface area contributed by atoms with E-state index in [2.05, 4.69) is 15.1 Å². The molecule has 0 atom stereocenters. The Morgan fingerprint density at radius 1 is 1.38 bits per heavy atom. The van der Waals surface area contributed by atoms with E-state index in [9.17, 15) is 10.1 Å². The summed E-state index contributed by atoms with van der Waals surface area (Å²) in [5.41, 5.74) is 0.545. The fourth-order valence-electron chi connectivity index (χ4n) is 1.31. The van der Waals surface area contributed by atoms with E-state index in [4.69, 9.17) is 0 Å². The Morgan fingerprint density at radius 2 is 2.12 bits per heavy atom. The minimum atomic E-state index is -0.460. The van der Waals surface area contributed by atoms with Crippen molar-refractivity contribution < 1.29 is 4.92 Å². The first-order valence-corrected chi connectivity index (χ1v) is 4.57. The molecular weight excluding hydrogens is 210 g/mol. The highest BCUT2D eigenvalue weighted by molar-refractivity contribution is 5.41. The second-order valence-corrected chi connectivity index (χ2v) is 3.32. The molecule has 7 heteroatoms. The summed E-state index contributed by atoms with van der Waals surface area (Å²) in [6.07, 6.45) is 2.74. The van der Waals surface area contributed by atoms with Crippen LogP contribution in [-0.4, -0.2) is 24.7 Å². The highest BCUT2D eigenvalue weighted by atomic mass is 16.6. The quantitative estimate of drug-likeness (QED) is 0.559. The molecule has 0 saturated carbocycles. The highest BCUT2D eigenvalue weighted by Crippen LogP contribution is 2.17. The first-order valence-electron chi connectivity index (χ1n) is 4.57. The van der Waals surface area contributed by atoms with Gasteiger partial charge in [-0.2, -0.15) is 5.10 Å². The Bertz CT molecular complexity index is 549. The molecule has 0 aliphatic carbocycles. The molecular formula is C9H9N5O2. The monoisotopic (exact) mass is 219 g/mol. The number of pyridine rings is 1. The summed E-state index contributed by atoms with van der Waals surface area (Å²) in [5, 5.41) is 14.7. The molecule has 0 aromatic carbocycles. The molecule has 0 aliphatic heterocycles. The number of hydrogen-bond acceptors (Lipinski definition) is 5. The molecule has 0 radical (unpaired) electrons. The lowest BCUT2D eigenvalue weighted by Crippen LogP contribution is -2.01. The van der Waals surface area contributed by atoms with Crippen molar-refractivity contribution in [2.75, 3.05) is 0 Å². The number of rotatable bonds is 2. The van der Waals surface area contributed by atoms with Gasteiger partial charge in [0.15, 0.2) is 5.82 Å². The van der Waals surface area contributed by atoms with Crippen LogP contribution in [0.2, 0.25) is 0 Å². The van der Waals surface area contributed by atoms with E-state index >= 15 is 0 Å². The van der Waals surface area contributed by atoms with Gasteiger partial charge < -0.3 is 0 Å². The average molecular weight is 219 g/mol. The standard InChI is InChI=1S/C9H9N5O2/c1-6-3-9(10-4-8(6)14(15)16)13-5-11-7(2)12-13/h3-5H,1-2H3. The summed E-state index contributed by atoms with van der Waals surface area (Å²) < 4.78 is 1.48. The van der Waals surface area contributed by atoms with Crippen LogP contribution in [0.1, 0.15) is 11.4 Å². The Morgan fingerprint density at radius 3 is 2.62 bits per heavy atom. The van der Waals surface area contributed by atoms with Crippen molar-refractivity contribution in [3.05, 3.63) is 40.1 Å². The van der Waals surface area contributed by atoms with Crippen LogP contribution in [0.3, 0.4) is 0 Å². The molecule has 0 unspecified atom stereocenters. The second kappa shape index (κ2) is 3.69. The van der Waals surface area contributed by atoms with Gasteiger partial charge in [0.25, 0.3) is 5.69 Å². The van der Waals surface area contributed by atoms with Crippen molar-refractivity contribution in [3.63, 3.8) is 0 Å². The molecule has 82 valence electrons. The molecule has 0 N–H and O–H groups in total. The molecule has 2 rings (SSSR count). The SMILES string of the molecule is Cc1ncn(-c2cc(C)c([N+](=O)[O-])cn2)n1. The van der Waals surface area contributed by atoms with E-state index in [0.29, 0.717) is 17.2 Å². The topological polar surface area (TPSA) is 86.7 Å². The second-order valence-electron chi connectivity index (χ2n) is 3.32. The molecule has 2 aromatic rings. The summed E-state index contributed by atoms with van der Waals surface area (Å²) in [5.74, 6) is 1.14. The number of aryl methyl sites for hydroxylation is 2. The van der Waals surface area contributed by atoms with Crippen LogP contribution in [0.15, 0.2) is 18.6 Å². The van der Waals surface area contributed by atoms with Gasteiger partial charge >= 0.3 is 0 Å². The lowest BCUT2D eigenvalue weighted by molar-refractivity contribution is -0.385.